The molecule has 146 valence electrons. The number of likely N-dealkylation sites (tertiary alicyclic amines) is 1. The van der Waals surface area contributed by atoms with Crippen LogP contribution in [0.4, 0.5) is 5.69 Å². The summed E-state index contributed by atoms with van der Waals surface area (Å²) in [5.41, 5.74) is 1.71. The molecule has 1 saturated heterocycles. The van der Waals surface area contributed by atoms with Crippen molar-refractivity contribution in [2.75, 3.05) is 25.0 Å². The number of aliphatic carboxylic acids is 1. The quantitative estimate of drug-likeness (QED) is 0.863. The van der Waals surface area contributed by atoms with Gasteiger partial charge in [-0.15, -0.1) is 0 Å². The van der Waals surface area contributed by atoms with E-state index in [1.54, 1.807) is 41.1 Å². The minimum atomic E-state index is -0.793. The molecule has 0 radical (unpaired) electrons. The van der Waals surface area contributed by atoms with Crippen LogP contribution in [-0.4, -0.2) is 47.9 Å². The summed E-state index contributed by atoms with van der Waals surface area (Å²) in [6, 6.07) is 16.1. The Labute approximate surface area is 164 Å². The first-order chi connectivity index (χ1) is 13.5. The largest absolute Gasteiger partial charge is 0.481 e. The molecular weight excluding hydrogens is 356 g/mol. The van der Waals surface area contributed by atoms with Crippen molar-refractivity contribution in [1.29, 1.82) is 0 Å². The van der Waals surface area contributed by atoms with Gasteiger partial charge < -0.3 is 14.9 Å². The maximum atomic E-state index is 12.8. The second kappa shape index (κ2) is 8.69. The van der Waals surface area contributed by atoms with Crippen LogP contribution in [0.5, 0.6) is 0 Å². The molecule has 1 aliphatic rings. The molecule has 1 aliphatic heterocycles. The van der Waals surface area contributed by atoms with Crippen LogP contribution < -0.4 is 4.90 Å². The predicted octanol–water partition coefficient (Wildman–Crippen LogP) is 3.29. The van der Waals surface area contributed by atoms with Crippen LogP contribution in [0.3, 0.4) is 0 Å². The Kier molecular flexibility index (Phi) is 6.09. The number of carbonyl (C=O) groups excluding carboxylic acids is 2. The van der Waals surface area contributed by atoms with Crippen molar-refractivity contribution in [1.82, 2.24) is 4.90 Å². The fourth-order valence-corrected chi connectivity index (χ4v) is 3.52. The van der Waals surface area contributed by atoms with Crippen LogP contribution in [0.2, 0.25) is 0 Å². The molecule has 2 aromatic rings. The minimum absolute atomic E-state index is 0.119. The van der Waals surface area contributed by atoms with Crippen molar-refractivity contribution in [2.24, 2.45) is 5.92 Å². The molecule has 28 heavy (non-hydrogen) atoms. The van der Waals surface area contributed by atoms with Crippen molar-refractivity contribution < 1.29 is 19.5 Å². The van der Waals surface area contributed by atoms with Crippen LogP contribution in [0, 0.1) is 5.92 Å². The summed E-state index contributed by atoms with van der Waals surface area (Å²) in [6.07, 6.45) is 1.53. The van der Waals surface area contributed by atoms with E-state index in [0.29, 0.717) is 37.1 Å². The van der Waals surface area contributed by atoms with Gasteiger partial charge in [-0.25, -0.2) is 0 Å². The third-order valence-corrected chi connectivity index (χ3v) is 5.17. The van der Waals surface area contributed by atoms with Crippen LogP contribution in [0.25, 0.3) is 0 Å². The van der Waals surface area contributed by atoms with Crippen LogP contribution in [0.15, 0.2) is 54.6 Å². The number of para-hydroxylation sites is 1. The summed E-state index contributed by atoms with van der Waals surface area (Å²) >= 11 is 0. The number of anilines is 1. The van der Waals surface area contributed by atoms with Gasteiger partial charge in [-0.1, -0.05) is 24.3 Å². The fourth-order valence-electron chi connectivity index (χ4n) is 3.52. The zero-order chi connectivity index (χ0) is 20.1. The Bertz CT molecular complexity index is 858. The lowest BCUT2D eigenvalue weighted by Crippen LogP contribution is -2.39. The van der Waals surface area contributed by atoms with Gasteiger partial charge in [0.25, 0.3) is 11.8 Å². The van der Waals surface area contributed by atoms with Gasteiger partial charge >= 0.3 is 5.97 Å². The lowest BCUT2D eigenvalue weighted by molar-refractivity contribution is -0.138. The number of carbonyl (C=O) groups is 3. The minimum Gasteiger partial charge on any atom is -0.481 e. The molecule has 1 heterocycles. The number of rotatable bonds is 5. The summed E-state index contributed by atoms with van der Waals surface area (Å²) in [5.74, 6) is -0.973. The molecular formula is C22H24N2O4. The highest BCUT2D eigenvalue weighted by molar-refractivity contribution is 6.07. The van der Waals surface area contributed by atoms with Crippen molar-refractivity contribution in [3.05, 3.63) is 65.7 Å². The molecule has 0 bridgehead atoms. The average molecular weight is 380 g/mol. The van der Waals surface area contributed by atoms with Crippen LogP contribution in [-0.2, 0) is 4.79 Å². The van der Waals surface area contributed by atoms with E-state index in [1.165, 1.54) is 0 Å². The topological polar surface area (TPSA) is 77.9 Å². The summed E-state index contributed by atoms with van der Waals surface area (Å²) < 4.78 is 0. The van der Waals surface area contributed by atoms with Gasteiger partial charge in [-0.3, -0.25) is 14.4 Å². The van der Waals surface area contributed by atoms with Crippen molar-refractivity contribution in [3.63, 3.8) is 0 Å². The van der Waals surface area contributed by atoms with Crippen molar-refractivity contribution in [3.8, 4) is 0 Å². The number of amides is 2. The maximum Gasteiger partial charge on any atom is 0.303 e. The van der Waals surface area contributed by atoms with Gasteiger partial charge in [0.2, 0.25) is 0 Å². The highest BCUT2D eigenvalue weighted by Crippen LogP contribution is 2.22. The van der Waals surface area contributed by atoms with Gasteiger partial charge in [0.1, 0.15) is 0 Å². The summed E-state index contributed by atoms with van der Waals surface area (Å²) in [6.45, 7) is 1.08. The van der Waals surface area contributed by atoms with Crippen molar-refractivity contribution in [2.45, 2.75) is 19.3 Å². The molecule has 1 fully saturated rings. The molecule has 2 amide bonds. The van der Waals surface area contributed by atoms with E-state index in [4.69, 9.17) is 5.11 Å². The summed E-state index contributed by atoms with van der Waals surface area (Å²) in [5, 5.41) is 8.91. The number of carboxylic acid groups (broad SMARTS) is 1. The molecule has 0 aliphatic carbocycles. The molecule has 0 saturated carbocycles. The Balaban J connectivity index is 1.68. The average Bonchev–Trinajstić information content (AvgIpc) is 2.73. The standard InChI is InChI=1S/C22H24N2O4/c1-23(19-8-3-2-4-9-19)21(27)17-6-5-7-18(15-17)22(28)24-12-10-16(11-13-24)14-20(25)26/h2-9,15-16H,10-14H2,1H3,(H,25,26). The lowest BCUT2D eigenvalue weighted by atomic mass is 9.93. The zero-order valence-electron chi connectivity index (χ0n) is 15.9. The molecule has 6 heteroatoms. The normalized spacial score (nSPS) is 14.5. The summed E-state index contributed by atoms with van der Waals surface area (Å²) in [4.78, 5) is 39.8. The van der Waals surface area contributed by atoms with Gasteiger partial charge in [0.15, 0.2) is 0 Å². The first-order valence-corrected chi connectivity index (χ1v) is 9.40. The molecule has 3 rings (SSSR count). The van der Waals surface area contributed by atoms with E-state index >= 15 is 0 Å². The number of hydrogen-bond donors (Lipinski definition) is 1. The fraction of sp³-hybridized carbons (Fsp3) is 0.318. The highest BCUT2D eigenvalue weighted by Gasteiger charge is 2.25. The highest BCUT2D eigenvalue weighted by atomic mass is 16.4. The number of piperidine rings is 1. The molecule has 0 atom stereocenters. The molecule has 1 N–H and O–H groups in total. The SMILES string of the molecule is CN(C(=O)c1cccc(C(=O)N2CCC(CC(=O)O)CC2)c1)c1ccccc1. The Morgan fingerprint density at radius 2 is 1.64 bits per heavy atom. The van der Waals surface area contributed by atoms with E-state index < -0.39 is 5.97 Å². The number of hydrogen-bond acceptors (Lipinski definition) is 3. The smallest absolute Gasteiger partial charge is 0.303 e. The van der Waals surface area contributed by atoms with E-state index in [2.05, 4.69) is 0 Å². The van der Waals surface area contributed by atoms with E-state index in [9.17, 15) is 14.4 Å². The summed E-state index contributed by atoms with van der Waals surface area (Å²) in [7, 11) is 1.71. The second-order valence-electron chi connectivity index (χ2n) is 7.11. The Hall–Kier alpha value is -3.15. The van der Waals surface area contributed by atoms with Gasteiger partial charge in [-0.05, 0) is 49.1 Å². The lowest BCUT2D eigenvalue weighted by Gasteiger charge is -2.31. The number of nitrogens with zero attached hydrogens (tertiary/aromatic N) is 2. The van der Waals surface area contributed by atoms with Gasteiger partial charge in [0, 0.05) is 43.4 Å². The Morgan fingerprint density at radius 1 is 1.00 bits per heavy atom. The molecule has 6 nitrogen and oxygen atoms in total. The number of carboxylic acids is 1. The van der Waals surface area contributed by atoms with E-state index in [0.717, 1.165) is 5.69 Å². The molecule has 0 spiro atoms. The first kappa shape index (κ1) is 19.6. The van der Waals surface area contributed by atoms with E-state index in [-0.39, 0.29) is 24.2 Å². The number of benzene rings is 2. The third kappa shape index (κ3) is 4.57. The van der Waals surface area contributed by atoms with E-state index in [1.807, 2.05) is 30.3 Å². The maximum absolute atomic E-state index is 12.8. The third-order valence-electron chi connectivity index (χ3n) is 5.17. The van der Waals surface area contributed by atoms with Crippen molar-refractivity contribution >= 4 is 23.5 Å². The Morgan fingerprint density at radius 3 is 2.29 bits per heavy atom. The monoisotopic (exact) mass is 380 g/mol. The predicted molar refractivity (Wildman–Crippen MR) is 106 cm³/mol. The molecule has 0 unspecified atom stereocenters. The van der Waals surface area contributed by atoms with Gasteiger partial charge in [0.05, 0.1) is 0 Å². The molecule has 2 aromatic carbocycles. The first-order valence-electron chi connectivity index (χ1n) is 9.40. The second-order valence-corrected chi connectivity index (χ2v) is 7.11. The van der Waals surface area contributed by atoms with Crippen LogP contribution >= 0.6 is 0 Å². The van der Waals surface area contributed by atoms with Crippen LogP contribution in [0.1, 0.15) is 40.0 Å². The zero-order valence-corrected chi connectivity index (χ0v) is 15.9. The van der Waals surface area contributed by atoms with Gasteiger partial charge in [-0.2, -0.15) is 0 Å². The molecule has 0 aromatic heterocycles.